The van der Waals surface area contributed by atoms with Crippen LogP contribution in [0.3, 0.4) is 0 Å². The van der Waals surface area contributed by atoms with Gasteiger partial charge in [0.2, 0.25) is 0 Å². The third kappa shape index (κ3) is 1.67. The zero-order chi connectivity index (χ0) is 15.1. The van der Waals surface area contributed by atoms with E-state index in [9.17, 15) is 4.79 Å². The molecule has 118 valence electrons. The number of carbonyl (C=O) groups excluding carboxylic acids is 1. The number of hydrogen-bond acceptors (Lipinski definition) is 1. The Bertz CT molecular complexity index is 492. The lowest BCUT2D eigenvalue weighted by Crippen LogP contribution is -2.56. The summed E-state index contributed by atoms with van der Waals surface area (Å²) in [5.74, 6) is 2.31. The van der Waals surface area contributed by atoms with Crippen molar-refractivity contribution in [3.63, 3.8) is 0 Å². The van der Waals surface area contributed by atoms with Crippen LogP contribution in [-0.2, 0) is 4.79 Å². The largest absolute Gasteiger partial charge is 0.299 e. The summed E-state index contributed by atoms with van der Waals surface area (Å²) in [7, 11) is 0. The van der Waals surface area contributed by atoms with Gasteiger partial charge < -0.3 is 0 Å². The third-order valence-electron chi connectivity index (χ3n) is 8.65. The summed E-state index contributed by atoms with van der Waals surface area (Å²) >= 11 is 0. The average Bonchev–Trinajstić information content (AvgIpc) is 2.54. The number of hydrogen-bond donors (Lipinski definition) is 0. The maximum atomic E-state index is 12.6. The van der Waals surface area contributed by atoms with Crippen LogP contribution in [-0.4, -0.2) is 5.78 Å². The fourth-order valence-electron chi connectivity index (χ4n) is 7.83. The summed E-state index contributed by atoms with van der Waals surface area (Å²) in [6.45, 7) is 9.90. The zero-order valence-corrected chi connectivity index (χ0v) is 14.4. The summed E-state index contributed by atoms with van der Waals surface area (Å²) in [5.41, 5.74) is 1.45. The maximum absolute atomic E-state index is 12.6. The Morgan fingerprint density at radius 1 is 0.905 bits per heavy atom. The normalized spacial score (nSPS) is 55.0. The van der Waals surface area contributed by atoms with Gasteiger partial charge in [0.15, 0.2) is 0 Å². The van der Waals surface area contributed by atoms with Crippen molar-refractivity contribution in [3.05, 3.63) is 0 Å². The van der Waals surface area contributed by atoms with Gasteiger partial charge in [-0.15, -0.1) is 0 Å². The van der Waals surface area contributed by atoms with Crippen LogP contribution in [0.1, 0.15) is 85.5 Å². The van der Waals surface area contributed by atoms with Crippen LogP contribution in [0.5, 0.6) is 0 Å². The molecule has 1 nitrogen and oxygen atoms in total. The lowest BCUT2D eigenvalue weighted by molar-refractivity contribution is -0.149. The standard InChI is InChI=1S/C20H32O/c1-17(2)8-5-9-19(4)14(17)7-11-20-12-16(21)18(3,13-20)10-6-15(19)20/h14-15H,5-13H2,1-4H3. The average molecular weight is 288 g/mol. The van der Waals surface area contributed by atoms with Crippen molar-refractivity contribution in [2.75, 3.05) is 0 Å². The summed E-state index contributed by atoms with van der Waals surface area (Å²) in [5, 5.41) is 0. The second kappa shape index (κ2) is 3.95. The van der Waals surface area contributed by atoms with Crippen LogP contribution >= 0.6 is 0 Å². The molecule has 4 aliphatic rings. The van der Waals surface area contributed by atoms with Crippen LogP contribution in [0.2, 0.25) is 0 Å². The summed E-state index contributed by atoms with van der Waals surface area (Å²) in [4.78, 5) is 12.6. The smallest absolute Gasteiger partial charge is 0.139 e. The highest BCUT2D eigenvalue weighted by Crippen LogP contribution is 2.72. The lowest BCUT2D eigenvalue weighted by Gasteiger charge is -2.64. The molecule has 0 radical (unpaired) electrons. The van der Waals surface area contributed by atoms with E-state index in [1.807, 2.05) is 0 Å². The lowest BCUT2D eigenvalue weighted by atomic mass is 9.40. The number of ketones is 1. The molecule has 4 rings (SSSR count). The van der Waals surface area contributed by atoms with Gasteiger partial charge in [-0.2, -0.15) is 0 Å². The van der Waals surface area contributed by atoms with Crippen LogP contribution in [0, 0.1) is 33.5 Å². The van der Waals surface area contributed by atoms with E-state index in [2.05, 4.69) is 27.7 Å². The van der Waals surface area contributed by atoms with Crippen molar-refractivity contribution in [3.8, 4) is 0 Å². The first-order valence-electron chi connectivity index (χ1n) is 9.25. The molecular formula is C20H32O. The molecule has 0 aromatic rings. The molecule has 5 atom stereocenters. The molecule has 0 saturated heterocycles. The molecule has 5 unspecified atom stereocenters. The van der Waals surface area contributed by atoms with Crippen molar-refractivity contribution >= 4 is 5.78 Å². The number of Topliss-reactive ketones (excluding diaryl/α,β-unsaturated/α-hetero) is 1. The van der Waals surface area contributed by atoms with Gasteiger partial charge in [0.05, 0.1) is 0 Å². The number of fused-ring (bicyclic) bond motifs is 3. The van der Waals surface area contributed by atoms with Crippen LogP contribution in [0.25, 0.3) is 0 Å². The van der Waals surface area contributed by atoms with E-state index in [1.165, 1.54) is 51.4 Å². The highest BCUT2D eigenvalue weighted by Gasteiger charge is 2.66. The predicted octanol–water partition coefficient (Wildman–Crippen LogP) is 5.38. The minimum atomic E-state index is 0.0455. The van der Waals surface area contributed by atoms with Crippen molar-refractivity contribution in [2.24, 2.45) is 33.5 Å². The first kappa shape index (κ1) is 14.3. The summed E-state index contributed by atoms with van der Waals surface area (Å²) < 4.78 is 0. The van der Waals surface area contributed by atoms with E-state index in [0.29, 0.717) is 22.0 Å². The van der Waals surface area contributed by atoms with Crippen molar-refractivity contribution in [2.45, 2.75) is 85.5 Å². The first-order valence-corrected chi connectivity index (χ1v) is 9.25. The quantitative estimate of drug-likeness (QED) is 0.585. The van der Waals surface area contributed by atoms with E-state index >= 15 is 0 Å². The SMILES string of the molecule is CC12CCC3C(CCC4C(C)(C)CCCC43C)(CC1=O)C2. The Morgan fingerprint density at radius 2 is 1.62 bits per heavy atom. The van der Waals surface area contributed by atoms with Gasteiger partial charge in [0.1, 0.15) is 5.78 Å². The molecule has 4 saturated carbocycles. The Hall–Kier alpha value is -0.330. The summed E-state index contributed by atoms with van der Waals surface area (Å²) in [6, 6.07) is 0. The molecule has 0 aromatic heterocycles. The Balaban J connectivity index is 1.75. The van der Waals surface area contributed by atoms with Gasteiger partial charge in [0, 0.05) is 11.8 Å². The van der Waals surface area contributed by atoms with E-state index in [-0.39, 0.29) is 5.41 Å². The maximum Gasteiger partial charge on any atom is 0.139 e. The van der Waals surface area contributed by atoms with E-state index < -0.39 is 0 Å². The fraction of sp³-hybridized carbons (Fsp3) is 0.950. The third-order valence-corrected chi connectivity index (χ3v) is 8.65. The Kier molecular flexibility index (Phi) is 2.68. The molecule has 0 amide bonds. The molecule has 21 heavy (non-hydrogen) atoms. The van der Waals surface area contributed by atoms with Crippen LogP contribution in [0.15, 0.2) is 0 Å². The molecular weight excluding hydrogens is 256 g/mol. The van der Waals surface area contributed by atoms with Crippen molar-refractivity contribution in [1.82, 2.24) is 0 Å². The molecule has 4 aliphatic carbocycles. The molecule has 2 bridgehead atoms. The fourth-order valence-corrected chi connectivity index (χ4v) is 7.83. The van der Waals surface area contributed by atoms with Gasteiger partial charge in [-0.3, -0.25) is 4.79 Å². The second-order valence-corrected chi connectivity index (χ2v) is 10.2. The minimum absolute atomic E-state index is 0.0455. The van der Waals surface area contributed by atoms with Crippen molar-refractivity contribution < 1.29 is 4.79 Å². The Morgan fingerprint density at radius 3 is 2.38 bits per heavy atom. The second-order valence-electron chi connectivity index (χ2n) is 10.2. The van der Waals surface area contributed by atoms with Crippen molar-refractivity contribution in [1.29, 1.82) is 0 Å². The van der Waals surface area contributed by atoms with Crippen LogP contribution < -0.4 is 0 Å². The number of rotatable bonds is 0. The van der Waals surface area contributed by atoms with Gasteiger partial charge in [0.25, 0.3) is 0 Å². The molecule has 0 N–H and O–H groups in total. The molecule has 1 spiro atoms. The molecule has 4 fully saturated rings. The van der Waals surface area contributed by atoms with Gasteiger partial charge in [-0.1, -0.05) is 34.1 Å². The van der Waals surface area contributed by atoms with Gasteiger partial charge in [-0.25, -0.2) is 0 Å². The van der Waals surface area contributed by atoms with Crippen LogP contribution in [0.4, 0.5) is 0 Å². The van der Waals surface area contributed by atoms with E-state index in [1.54, 1.807) is 0 Å². The summed E-state index contributed by atoms with van der Waals surface area (Å²) in [6.07, 6.45) is 11.6. The predicted molar refractivity (Wildman–Crippen MR) is 86.0 cm³/mol. The number of carbonyl (C=O) groups is 1. The molecule has 1 heteroatoms. The molecule has 0 heterocycles. The van der Waals surface area contributed by atoms with E-state index in [0.717, 1.165) is 18.3 Å². The highest BCUT2D eigenvalue weighted by atomic mass is 16.1. The van der Waals surface area contributed by atoms with E-state index in [4.69, 9.17) is 0 Å². The monoisotopic (exact) mass is 288 g/mol. The first-order chi connectivity index (χ1) is 9.72. The molecule has 0 aromatic carbocycles. The van der Waals surface area contributed by atoms with Gasteiger partial charge >= 0.3 is 0 Å². The Labute approximate surface area is 130 Å². The molecule has 0 aliphatic heterocycles. The highest BCUT2D eigenvalue weighted by molar-refractivity contribution is 5.88. The zero-order valence-electron chi connectivity index (χ0n) is 14.4. The van der Waals surface area contributed by atoms with Gasteiger partial charge in [-0.05, 0) is 73.0 Å². The topological polar surface area (TPSA) is 17.1 Å². The minimum Gasteiger partial charge on any atom is -0.299 e.